The van der Waals surface area contributed by atoms with E-state index in [2.05, 4.69) is 196 Å². The first-order chi connectivity index (χ1) is 34.5. The zero-order valence-corrected chi connectivity index (χ0v) is 42.7. The second-order valence-corrected chi connectivity index (χ2v) is 26.3. The summed E-state index contributed by atoms with van der Waals surface area (Å²) in [5, 5.41) is 0. The molecule has 2 atom stereocenters. The summed E-state index contributed by atoms with van der Waals surface area (Å²) in [6.45, 7) is 10.0. The quantitative estimate of drug-likeness (QED) is 0.147. The average Bonchev–Trinajstić information content (AvgIpc) is 3.94. The minimum absolute atomic E-state index is 0.0125. The van der Waals surface area contributed by atoms with E-state index in [1.165, 1.54) is 156 Å². The zero-order valence-electron chi connectivity index (χ0n) is 42.7. The highest BCUT2D eigenvalue weighted by Gasteiger charge is 2.58. The highest BCUT2D eigenvalue weighted by molar-refractivity contribution is 5.97. The van der Waals surface area contributed by atoms with Gasteiger partial charge in [0.15, 0.2) is 0 Å². The molecule has 0 saturated heterocycles. The predicted octanol–water partition coefficient (Wildman–Crippen LogP) is 18.1. The first-order valence-corrected chi connectivity index (χ1v) is 28.1. The van der Waals surface area contributed by atoms with E-state index in [1.807, 2.05) is 0 Å². The molecule has 1 nitrogen and oxygen atoms in total. The van der Waals surface area contributed by atoms with Crippen LogP contribution in [0.4, 0.5) is 17.1 Å². The van der Waals surface area contributed by atoms with Crippen LogP contribution in [0.1, 0.15) is 156 Å². The summed E-state index contributed by atoms with van der Waals surface area (Å²) in [7, 11) is 0. The van der Waals surface area contributed by atoms with Gasteiger partial charge in [0.1, 0.15) is 0 Å². The van der Waals surface area contributed by atoms with Crippen LogP contribution < -0.4 is 4.90 Å². The van der Waals surface area contributed by atoms with E-state index in [4.69, 9.17) is 0 Å². The standard InChI is InChI=1S/C70H71N/c1-66(2)30-31-67(3,4)65-58(19-13-21-62(65)66)60-38-59-57-18-11-12-20-61(57)70(52-14-7-5-8-15-52,53-16-9-6-10-17-53)63(59)39-64(60)71(56-28-24-51(25-29-56)69-43-48-35-49(44-69)37-54(69)36-48)55-26-22-50(23-27-55)68-40-45-32-46(41-68)34-47(33-45)42-68/h5-29,38-39,45-49,54H,30-37,40-44H2,1-4H3. The Kier molecular flexibility index (Phi) is 9.20. The van der Waals surface area contributed by atoms with Crippen LogP contribution >= 0.6 is 0 Å². The van der Waals surface area contributed by atoms with Gasteiger partial charge in [-0.3, -0.25) is 0 Å². The molecular weight excluding hydrogens is 855 g/mol. The van der Waals surface area contributed by atoms with Crippen molar-refractivity contribution in [3.8, 4) is 22.3 Å². The number of rotatable bonds is 8. The van der Waals surface area contributed by atoms with Crippen molar-refractivity contribution in [1.29, 1.82) is 0 Å². The summed E-state index contributed by atoms with van der Waals surface area (Å²) >= 11 is 0. The monoisotopic (exact) mass is 926 g/mol. The van der Waals surface area contributed by atoms with Crippen LogP contribution in [0.5, 0.6) is 0 Å². The zero-order chi connectivity index (χ0) is 47.5. The van der Waals surface area contributed by atoms with Crippen LogP contribution in [0.15, 0.2) is 164 Å². The molecule has 8 fully saturated rings. The van der Waals surface area contributed by atoms with Crippen molar-refractivity contribution in [2.75, 3.05) is 4.90 Å². The second kappa shape index (κ2) is 15.2. The third kappa shape index (κ3) is 6.17. The van der Waals surface area contributed by atoms with Gasteiger partial charge in [0, 0.05) is 16.9 Å². The molecule has 0 aliphatic heterocycles. The maximum atomic E-state index is 2.71. The van der Waals surface area contributed by atoms with Gasteiger partial charge in [-0.05, 0) is 238 Å². The van der Waals surface area contributed by atoms with Crippen molar-refractivity contribution in [3.63, 3.8) is 0 Å². The number of hydrogen-bond donors (Lipinski definition) is 0. The molecule has 356 valence electrons. The molecule has 10 aliphatic carbocycles. The summed E-state index contributed by atoms with van der Waals surface area (Å²) in [4.78, 5) is 2.71. The first kappa shape index (κ1) is 43.0. The lowest BCUT2D eigenvalue weighted by Gasteiger charge is -2.57. The molecule has 0 heterocycles. The molecule has 0 spiro atoms. The predicted molar refractivity (Wildman–Crippen MR) is 294 cm³/mol. The van der Waals surface area contributed by atoms with Gasteiger partial charge in [0.2, 0.25) is 0 Å². The summed E-state index contributed by atoms with van der Waals surface area (Å²) < 4.78 is 0. The number of nitrogens with zero attached hydrogens (tertiary/aromatic N) is 1. The lowest BCUT2D eigenvalue weighted by Crippen LogP contribution is -2.48. The summed E-state index contributed by atoms with van der Waals surface area (Å²) in [6.07, 6.45) is 18.1. The van der Waals surface area contributed by atoms with Crippen molar-refractivity contribution in [2.24, 2.45) is 35.5 Å². The van der Waals surface area contributed by atoms with Gasteiger partial charge >= 0.3 is 0 Å². The fourth-order valence-corrected chi connectivity index (χ4v) is 18.9. The molecule has 0 N–H and O–H groups in total. The molecular formula is C70H71N. The Labute approximate surface area is 424 Å². The van der Waals surface area contributed by atoms with E-state index in [1.54, 1.807) is 11.1 Å². The summed E-state index contributed by atoms with van der Waals surface area (Å²) in [6, 6.07) is 65.4. The van der Waals surface area contributed by atoms with Crippen LogP contribution in [0, 0.1) is 35.5 Å². The lowest BCUT2D eigenvalue weighted by atomic mass is 9.48. The number of fused-ring (bicyclic) bond motifs is 4. The van der Waals surface area contributed by atoms with E-state index in [9.17, 15) is 0 Å². The highest BCUT2D eigenvalue weighted by atomic mass is 15.1. The SMILES string of the molecule is CC1(C)CCC(C)(C)c2c(-c3cc4c(cc3N(c3ccc(C56CC7CC(CC(C7)C5)C6)cc3)c3ccc(C56CC7CC(CC5C7)C6)cc3)C(c3ccccc3)(c3ccccc3)c3ccccc3-4)cccc21. The maximum absolute atomic E-state index is 2.71. The first-order valence-electron chi connectivity index (χ1n) is 28.1. The van der Waals surface area contributed by atoms with Gasteiger partial charge in [-0.15, -0.1) is 0 Å². The Morgan fingerprint density at radius 1 is 0.380 bits per heavy atom. The third-order valence-corrected chi connectivity index (χ3v) is 21.4. The fourth-order valence-electron chi connectivity index (χ4n) is 18.9. The van der Waals surface area contributed by atoms with Crippen LogP contribution in [-0.4, -0.2) is 0 Å². The van der Waals surface area contributed by atoms with Crippen molar-refractivity contribution < 1.29 is 0 Å². The van der Waals surface area contributed by atoms with Gasteiger partial charge in [0.05, 0.1) is 11.1 Å². The van der Waals surface area contributed by atoms with E-state index < -0.39 is 5.41 Å². The largest absolute Gasteiger partial charge is 0.310 e. The van der Waals surface area contributed by atoms with Gasteiger partial charge in [-0.25, -0.2) is 0 Å². The maximum Gasteiger partial charge on any atom is 0.0714 e. The van der Waals surface area contributed by atoms with Crippen LogP contribution in [0.25, 0.3) is 22.3 Å². The molecule has 0 aromatic heterocycles. The van der Waals surface area contributed by atoms with Crippen molar-refractivity contribution in [2.45, 2.75) is 138 Å². The Hall–Kier alpha value is -5.66. The normalized spacial score (nSPS) is 30.3. The second-order valence-electron chi connectivity index (χ2n) is 26.3. The summed E-state index contributed by atoms with van der Waals surface area (Å²) in [5.41, 5.74) is 21.1. The highest BCUT2D eigenvalue weighted by Crippen LogP contribution is 2.67. The number of benzene rings is 7. The van der Waals surface area contributed by atoms with Crippen LogP contribution in [0.3, 0.4) is 0 Å². The molecule has 8 bridgehead atoms. The van der Waals surface area contributed by atoms with Gasteiger partial charge in [0.25, 0.3) is 0 Å². The van der Waals surface area contributed by atoms with Crippen LogP contribution in [-0.2, 0) is 27.1 Å². The van der Waals surface area contributed by atoms with Crippen molar-refractivity contribution in [3.05, 3.63) is 208 Å². The number of hydrogen-bond acceptors (Lipinski definition) is 1. The number of anilines is 3. The topological polar surface area (TPSA) is 3.24 Å². The Morgan fingerprint density at radius 3 is 1.49 bits per heavy atom. The van der Waals surface area contributed by atoms with Gasteiger partial charge < -0.3 is 4.90 Å². The molecule has 1 heteroatoms. The van der Waals surface area contributed by atoms with E-state index in [0.29, 0.717) is 10.8 Å². The van der Waals surface area contributed by atoms with Crippen molar-refractivity contribution >= 4 is 17.1 Å². The van der Waals surface area contributed by atoms with E-state index >= 15 is 0 Å². The summed E-state index contributed by atoms with van der Waals surface area (Å²) in [5.74, 6) is 5.46. The lowest BCUT2D eigenvalue weighted by molar-refractivity contribution is -0.00518. The molecule has 10 aliphatic rings. The average molecular weight is 926 g/mol. The molecule has 71 heavy (non-hydrogen) atoms. The fraction of sp³-hybridized carbons (Fsp3) is 0.400. The van der Waals surface area contributed by atoms with Crippen LogP contribution in [0.2, 0.25) is 0 Å². The molecule has 0 amide bonds. The molecule has 2 unspecified atom stereocenters. The molecule has 7 aromatic carbocycles. The van der Waals surface area contributed by atoms with Gasteiger partial charge in [-0.1, -0.05) is 155 Å². The molecule has 0 radical (unpaired) electrons. The smallest absolute Gasteiger partial charge is 0.0714 e. The minimum atomic E-state index is -0.517. The van der Waals surface area contributed by atoms with Crippen molar-refractivity contribution in [1.82, 2.24) is 0 Å². The molecule has 17 rings (SSSR count). The van der Waals surface area contributed by atoms with Gasteiger partial charge in [-0.2, -0.15) is 0 Å². The minimum Gasteiger partial charge on any atom is -0.310 e. The molecule has 7 aromatic rings. The Balaban J connectivity index is 1.00. The van der Waals surface area contributed by atoms with E-state index in [-0.39, 0.29) is 10.8 Å². The Bertz CT molecular complexity index is 3140. The third-order valence-electron chi connectivity index (χ3n) is 21.4. The Morgan fingerprint density at radius 2 is 0.887 bits per heavy atom. The van der Waals surface area contributed by atoms with E-state index in [0.717, 1.165) is 35.5 Å². The molecule has 8 saturated carbocycles.